The average Bonchev–Trinajstić information content (AvgIpc) is 2.80. The molecule has 3 aromatic rings. The van der Waals surface area contributed by atoms with Crippen molar-refractivity contribution in [2.24, 2.45) is 5.10 Å². The van der Waals surface area contributed by atoms with E-state index in [1.165, 1.54) is 12.1 Å². The first-order chi connectivity index (χ1) is 16.1. The highest BCUT2D eigenvalue weighted by atomic mass is 127. The van der Waals surface area contributed by atoms with Crippen LogP contribution in [-0.2, 0) is 15.6 Å². The Kier molecular flexibility index (Phi) is 8.44. The molecule has 0 bridgehead atoms. The molecule has 178 valence electrons. The quantitative estimate of drug-likeness (QED) is 0.121. The minimum Gasteiger partial charge on any atom is -0.465 e. The molecule has 3 rings (SSSR count). The van der Waals surface area contributed by atoms with E-state index in [0.29, 0.717) is 4.41 Å². The van der Waals surface area contributed by atoms with Crippen molar-refractivity contribution in [3.63, 3.8) is 0 Å². The number of carbonyl (C=O) groups excluding carboxylic acids is 1. The normalized spacial score (nSPS) is 11.1. The lowest BCUT2D eigenvalue weighted by atomic mass is 10.1. The number of rotatable bonds is 7. The average molecular weight is 620 g/mol. The zero-order valence-corrected chi connectivity index (χ0v) is 21.5. The number of anilines is 3. The van der Waals surface area contributed by atoms with Gasteiger partial charge in [0.25, 0.3) is 0 Å². The molecule has 0 saturated carbocycles. The van der Waals surface area contributed by atoms with E-state index in [1.54, 1.807) is 30.3 Å². The first-order valence-electron chi connectivity index (χ1n) is 9.49. The molecule has 0 unspecified atom stereocenters. The van der Waals surface area contributed by atoms with Gasteiger partial charge >= 0.3 is 5.97 Å². The molecule has 0 fully saturated rings. The van der Waals surface area contributed by atoms with Crippen LogP contribution in [0.1, 0.15) is 21.5 Å². The smallest absolute Gasteiger partial charge is 0.340 e. The fourth-order valence-electron chi connectivity index (χ4n) is 2.86. The first-order valence-corrected chi connectivity index (χ1v) is 12.1. The number of thiol groups is 1. The van der Waals surface area contributed by atoms with Crippen LogP contribution in [0.3, 0.4) is 0 Å². The lowest BCUT2D eigenvalue weighted by molar-refractivity contribution is 0.0601. The van der Waals surface area contributed by atoms with Gasteiger partial charge in [-0.05, 0) is 65.9 Å². The SMILES string of the molecule is COC(=O)c1cc(/C=N/N(c2ccc(C)cc2)[SH](=O)=O)c(F)c(F)c1Nc1ccc(I)cc1Cl. The summed E-state index contributed by atoms with van der Waals surface area (Å²) in [5, 5.41) is 6.62. The molecule has 34 heavy (non-hydrogen) atoms. The Labute approximate surface area is 214 Å². The van der Waals surface area contributed by atoms with Crippen molar-refractivity contribution in [3.8, 4) is 0 Å². The minimum atomic E-state index is -3.23. The number of hydrogen-bond acceptors (Lipinski definition) is 6. The van der Waals surface area contributed by atoms with Gasteiger partial charge in [0.15, 0.2) is 11.6 Å². The second-order valence-corrected chi connectivity index (χ2v) is 9.37. The van der Waals surface area contributed by atoms with Crippen LogP contribution in [0.25, 0.3) is 0 Å². The van der Waals surface area contributed by atoms with Gasteiger partial charge in [-0.3, -0.25) is 0 Å². The lowest BCUT2D eigenvalue weighted by Crippen LogP contribution is -2.15. The van der Waals surface area contributed by atoms with Crippen molar-refractivity contribution in [3.05, 3.63) is 85.4 Å². The number of esters is 1. The van der Waals surface area contributed by atoms with Gasteiger partial charge < -0.3 is 10.1 Å². The van der Waals surface area contributed by atoms with Gasteiger partial charge in [-0.25, -0.2) is 22.0 Å². The number of halogens is 4. The van der Waals surface area contributed by atoms with Crippen molar-refractivity contribution in [1.29, 1.82) is 0 Å². The van der Waals surface area contributed by atoms with Crippen molar-refractivity contribution in [1.82, 2.24) is 0 Å². The fourth-order valence-corrected chi connectivity index (χ4v) is 4.22. The van der Waals surface area contributed by atoms with Gasteiger partial charge in [0.05, 0.1) is 41.0 Å². The van der Waals surface area contributed by atoms with Crippen LogP contribution < -0.4 is 9.73 Å². The van der Waals surface area contributed by atoms with Crippen LogP contribution in [0.5, 0.6) is 0 Å². The Morgan fingerprint density at radius 3 is 2.41 bits per heavy atom. The summed E-state index contributed by atoms with van der Waals surface area (Å²) in [5.41, 5.74) is 0.0207. The van der Waals surface area contributed by atoms with Crippen LogP contribution in [0, 0.1) is 22.1 Å². The maximum absolute atomic E-state index is 15.1. The number of ether oxygens (including phenoxy) is 1. The van der Waals surface area contributed by atoms with Crippen molar-refractivity contribution < 1.29 is 26.7 Å². The summed E-state index contributed by atoms with van der Waals surface area (Å²) in [6, 6.07) is 12.2. The van der Waals surface area contributed by atoms with Crippen molar-refractivity contribution in [2.75, 3.05) is 16.8 Å². The standard InChI is InChI=1S/C22H17ClF2IN3O4S/c1-12-3-6-15(7-4-12)29(34(31)32)27-11-13-9-16(22(30)33-2)21(20(25)19(13)24)28-18-8-5-14(26)10-17(18)23/h3-11,28,34H,1-2H3/b27-11+. The van der Waals surface area contributed by atoms with Gasteiger partial charge in [0, 0.05) is 9.13 Å². The zero-order valence-electron chi connectivity index (χ0n) is 17.7. The highest BCUT2D eigenvalue weighted by Crippen LogP contribution is 2.33. The van der Waals surface area contributed by atoms with Crippen LogP contribution in [-0.4, -0.2) is 27.7 Å². The van der Waals surface area contributed by atoms with E-state index in [0.717, 1.165) is 28.5 Å². The Morgan fingerprint density at radius 1 is 1.15 bits per heavy atom. The van der Waals surface area contributed by atoms with Gasteiger partial charge in [-0.2, -0.15) is 9.52 Å². The maximum atomic E-state index is 15.1. The highest BCUT2D eigenvalue weighted by Gasteiger charge is 2.24. The molecule has 1 N–H and O–H groups in total. The number of carbonyl (C=O) groups is 1. The number of aryl methyl sites for hydroxylation is 1. The Bertz CT molecular complexity index is 1340. The largest absolute Gasteiger partial charge is 0.465 e. The second kappa shape index (κ2) is 11.1. The van der Waals surface area contributed by atoms with Crippen molar-refractivity contribution >= 4 is 74.3 Å². The molecule has 0 aliphatic heterocycles. The van der Waals surface area contributed by atoms with Crippen LogP contribution in [0.2, 0.25) is 5.02 Å². The summed E-state index contributed by atoms with van der Waals surface area (Å²) in [7, 11) is -2.15. The molecular weight excluding hydrogens is 603 g/mol. The third-order valence-corrected chi connectivity index (χ3v) is 6.18. The van der Waals surface area contributed by atoms with Gasteiger partial charge in [0.2, 0.25) is 10.9 Å². The van der Waals surface area contributed by atoms with Crippen LogP contribution in [0.4, 0.5) is 25.8 Å². The maximum Gasteiger partial charge on any atom is 0.340 e. The fraction of sp³-hybridized carbons (Fsp3) is 0.0909. The molecule has 0 aliphatic carbocycles. The van der Waals surface area contributed by atoms with E-state index in [1.807, 2.05) is 29.5 Å². The molecule has 7 nitrogen and oxygen atoms in total. The third-order valence-electron chi connectivity index (χ3n) is 4.56. The van der Waals surface area contributed by atoms with Crippen LogP contribution in [0.15, 0.2) is 53.6 Å². The number of methoxy groups -OCH3 is 1. The molecule has 0 saturated heterocycles. The van der Waals surface area contributed by atoms with Crippen molar-refractivity contribution in [2.45, 2.75) is 6.92 Å². The van der Waals surface area contributed by atoms with E-state index in [-0.39, 0.29) is 22.0 Å². The summed E-state index contributed by atoms with van der Waals surface area (Å²) in [6.07, 6.45) is 0.803. The van der Waals surface area contributed by atoms with E-state index >= 15 is 4.39 Å². The molecule has 0 heterocycles. The number of hydrogen-bond donors (Lipinski definition) is 2. The second-order valence-electron chi connectivity index (χ2n) is 6.86. The predicted molar refractivity (Wildman–Crippen MR) is 137 cm³/mol. The van der Waals surface area contributed by atoms with E-state index < -0.39 is 39.7 Å². The molecular formula is C22H17ClF2IN3O4S. The number of nitrogens with zero attached hydrogens (tertiary/aromatic N) is 2. The Balaban J connectivity index is 2.07. The van der Waals surface area contributed by atoms with Crippen LogP contribution >= 0.6 is 34.2 Å². The summed E-state index contributed by atoms with van der Waals surface area (Å²) >= 11 is 8.20. The summed E-state index contributed by atoms with van der Waals surface area (Å²) < 4.78 is 59.5. The van der Waals surface area contributed by atoms with Gasteiger partial charge in [0.1, 0.15) is 0 Å². The lowest BCUT2D eigenvalue weighted by Gasteiger charge is -2.15. The van der Waals surface area contributed by atoms with Gasteiger partial charge in [-0.1, -0.05) is 29.3 Å². The van der Waals surface area contributed by atoms with E-state index in [9.17, 15) is 17.6 Å². The molecule has 3 aromatic carbocycles. The third kappa shape index (κ3) is 5.83. The molecule has 0 aliphatic rings. The molecule has 0 spiro atoms. The first kappa shape index (κ1) is 25.8. The van der Waals surface area contributed by atoms with E-state index in [4.69, 9.17) is 16.3 Å². The molecule has 12 heteroatoms. The highest BCUT2D eigenvalue weighted by molar-refractivity contribution is 14.1. The predicted octanol–water partition coefficient (Wildman–Crippen LogP) is 5.43. The number of nitrogens with one attached hydrogen (secondary N) is 1. The molecule has 0 aromatic heterocycles. The zero-order chi connectivity index (χ0) is 25.0. The molecule has 0 atom stereocenters. The monoisotopic (exact) mass is 619 g/mol. The van der Waals surface area contributed by atoms with Gasteiger partial charge in [-0.15, -0.1) is 0 Å². The molecule has 0 amide bonds. The van der Waals surface area contributed by atoms with E-state index in [2.05, 4.69) is 10.4 Å². The Hall–Kier alpha value is -2.77. The molecule has 0 radical (unpaired) electrons. The minimum absolute atomic E-state index is 0.193. The number of benzene rings is 3. The number of hydrazone groups is 1. The summed E-state index contributed by atoms with van der Waals surface area (Å²) in [6.45, 7) is 1.82. The summed E-state index contributed by atoms with van der Waals surface area (Å²) in [4.78, 5) is 12.3. The Morgan fingerprint density at radius 2 is 1.82 bits per heavy atom. The summed E-state index contributed by atoms with van der Waals surface area (Å²) in [5.74, 6) is -3.71. The topological polar surface area (TPSA) is 88.1 Å².